The minimum absolute atomic E-state index is 0.0388. The van der Waals surface area contributed by atoms with Gasteiger partial charge in [0.25, 0.3) is 0 Å². The highest BCUT2D eigenvalue weighted by molar-refractivity contribution is 5.76. The molecule has 6 nitrogen and oxygen atoms in total. The molecule has 6 heteroatoms. The van der Waals surface area contributed by atoms with Gasteiger partial charge in [0.15, 0.2) is 0 Å². The number of aryl methyl sites for hydroxylation is 1. The van der Waals surface area contributed by atoms with Gasteiger partial charge in [0.05, 0.1) is 25.4 Å². The van der Waals surface area contributed by atoms with Crippen LogP contribution in [0, 0.1) is 23.7 Å². The summed E-state index contributed by atoms with van der Waals surface area (Å²) >= 11 is 0. The monoisotopic (exact) mass is 467 g/mol. The Morgan fingerprint density at radius 3 is 2.88 bits per heavy atom. The average Bonchev–Trinajstić information content (AvgIpc) is 3.36. The van der Waals surface area contributed by atoms with Gasteiger partial charge in [0.1, 0.15) is 11.9 Å². The Labute approximate surface area is 202 Å². The van der Waals surface area contributed by atoms with E-state index in [0.717, 1.165) is 29.7 Å². The van der Waals surface area contributed by atoms with Crippen LogP contribution < -0.4 is 4.74 Å². The lowest BCUT2D eigenvalue weighted by atomic mass is 9.86. The van der Waals surface area contributed by atoms with Crippen LogP contribution in [0.2, 0.25) is 0 Å². The second kappa shape index (κ2) is 11.4. The lowest BCUT2D eigenvalue weighted by Gasteiger charge is -2.26. The minimum Gasteiger partial charge on any atom is -0.489 e. The number of carbonyl (C=O) groups is 1. The molecule has 6 atom stereocenters. The van der Waals surface area contributed by atoms with Crippen LogP contribution in [0.5, 0.6) is 5.75 Å². The molecule has 34 heavy (non-hydrogen) atoms. The number of amides is 1. The van der Waals surface area contributed by atoms with E-state index in [0.29, 0.717) is 45.6 Å². The lowest BCUT2D eigenvalue weighted by Crippen LogP contribution is -2.40. The predicted octanol–water partition coefficient (Wildman–Crippen LogP) is 3.06. The van der Waals surface area contributed by atoms with Gasteiger partial charge in [-0.2, -0.15) is 0 Å². The van der Waals surface area contributed by atoms with Crippen molar-refractivity contribution in [1.29, 1.82) is 0 Å². The van der Waals surface area contributed by atoms with Crippen molar-refractivity contribution in [3.8, 4) is 17.6 Å². The van der Waals surface area contributed by atoms with Gasteiger partial charge in [-0.3, -0.25) is 4.79 Å². The van der Waals surface area contributed by atoms with Crippen LogP contribution in [0.4, 0.5) is 0 Å². The van der Waals surface area contributed by atoms with Gasteiger partial charge in [-0.25, -0.2) is 0 Å². The highest BCUT2D eigenvalue weighted by atomic mass is 16.5. The maximum Gasteiger partial charge on any atom is 0.222 e. The van der Waals surface area contributed by atoms with Crippen molar-refractivity contribution in [1.82, 2.24) is 4.90 Å². The zero-order chi connectivity index (χ0) is 24.1. The molecule has 2 fully saturated rings. The van der Waals surface area contributed by atoms with Crippen molar-refractivity contribution in [2.24, 2.45) is 11.8 Å². The molecular weight excluding hydrogens is 430 g/mol. The molecule has 4 rings (SSSR count). The molecule has 0 radical (unpaired) electrons. The van der Waals surface area contributed by atoms with E-state index in [2.05, 4.69) is 30.0 Å². The van der Waals surface area contributed by atoms with Crippen molar-refractivity contribution in [3.05, 3.63) is 41.5 Å². The summed E-state index contributed by atoms with van der Waals surface area (Å²) in [6.07, 6.45) is 5.96. The summed E-state index contributed by atoms with van der Waals surface area (Å²) in [5.74, 6) is 7.04. The number of morpholine rings is 1. The standard InChI is InChI=1S/C28H37NO5/c1-3-4-7-19(2)23(30)13-12-21-24(31)18-25-27(21)22-10-5-8-20(28(22)34-25)9-6-11-26(32)29-14-16-33-17-15-29/h5,8,10,12-13,19,21,23-25,27,30-31H,6-7,9,11,14-18H2,1-2H3/b13-12+/t19-,21-,23+,24+,25-,27-/m0/s1. The summed E-state index contributed by atoms with van der Waals surface area (Å²) in [7, 11) is 0. The van der Waals surface area contributed by atoms with Crippen molar-refractivity contribution < 1.29 is 24.5 Å². The first-order valence-electron chi connectivity index (χ1n) is 12.6. The lowest BCUT2D eigenvalue weighted by molar-refractivity contribution is -0.135. The Kier molecular flexibility index (Phi) is 8.31. The first-order chi connectivity index (χ1) is 16.5. The van der Waals surface area contributed by atoms with Crippen LogP contribution in [0.25, 0.3) is 0 Å². The van der Waals surface area contributed by atoms with Crippen molar-refractivity contribution in [2.45, 2.75) is 70.2 Å². The zero-order valence-corrected chi connectivity index (χ0v) is 20.3. The topological polar surface area (TPSA) is 79.2 Å². The molecule has 2 heterocycles. The number of benzene rings is 1. The average molecular weight is 468 g/mol. The van der Waals surface area contributed by atoms with Crippen LogP contribution in [0.1, 0.15) is 56.6 Å². The van der Waals surface area contributed by atoms with E-state index in [9.17, 15) is 15.0 Å². The van der Waals surface area contributed by atoms with Crippen molar-refractivity contribution in [2.75, 3.05) is 26.3 Å². The molecule has 3 aliphatic rings. The Morgan fingerprint density at radius 2 is 2.12 bits per heavy atom. The molecule has 1 aromatic carbocycles. The number of rotatable bonds is 8. The molecule has 1 amide bonds. The van der Waals surface area contributed by atoms with Gasteiger partial charge in [-0.15, -0.1) is 11.8 Å². The molecule has 2 aliphatic heterocycles. The van der Waals surface area contributed by atoms with E-state index >= 15 is 0 Å². The summed E-state index contributed by atoms with van der Waals surface area (Å²) in [6.45, 7) is 6.40. The largest absolute Gasteiger partial charge is 0.489 e. The minimum atomic E-state index is -0.593. The fraction of sp³-hybridized carbons (Fsp3) is 0.607. The number of carbonyl (C=O) groups excluding carboxylic acids is 1. The highest BCUT2D eigenvalue weighted by Gasteiger charge is 2.48. The van der Waals surface area contributed by atoms with Gasteiger partial charge < -0.3 is 24.6 Å². The summed E-state index contributed by atoms with van der Waals surface area (Å²) in [6, 6.07) is 6.23. The molecule has 1 aromatic rings. The summed E-state index contributed by atoms with van der Waals surface area (Å²) < 4.78 is 11.7. The van der Waals surface area contributed by atoms with Gasteiger partial charge in [0.2, 0.25) is 5.91 Å². The molecule has 0 aromatic heterocycles. The molecule has 2 N–H and O–H groups in total. The molecule has 0 bridgehead atoms. The van der Waals surface area contributed by atoms with Crippen LogP contribution in [-0.2, 0) is 16.0 Å². The van der Waals surface area contributed by atoms with Crippen LogP contribution in [-0.4, -0.2) is 65.6 Å². The number of hydrogen-bond donors (Lipinski definition) is 2. The second-order valence-corrected chi connectivity index (χ2v) is 9.73. The number of hydrogen-bond acceptors (Lipinski definition) is 5. The quantitative estimate of drug-likeness (QED) is 0.454. The van der Waals surface area contributed by atoms with E-state index in [1.807, 2.05) is 24.0 Å². The Bertz CT molecular complexity index is 942. The van der Waals surface area contributed by atoms with Gasteiger partial charge >= 0.3 is 0 Å². The zero-order valence-electron chi connectivity index (χ0n) is 20.3. The number of nitrogens with zero attached hydrogens (tertiary/aromatic N) is 1. The first kappa shape index (κ1) is 24.8. The van der Waals surface area contributed by atoms with Crippen LogP contribution in [0.15, 0.2) is 30.4 Å². The second-order valence-electron chi connectivity index (χ2n) is 9.73. The van der Waals surface area contributed by atoms with E-state index in [4.69, 9.17) is 9.47 Å². The maximum absolute atomic E-state index is 12.5. The molecule has 1 saturated heterocycles. The normalized spacial score (nSPS) is 27.5. The summed E-state index contributed by atoms with van der Waals surface area (Å²) in [5.41, 5.74) is 2.26. The van der Waals surface area contributed by atoms with Crippen molar-refractivity contribution in [3.63, 3.8) is 0 Å². The third kappa shape index (κ3) is 5.49. The Morgan fingerprint density at radius 1 is 1.32 bits per heavy atom. The Balaban J connectivity index is 1.40. The molecule has 0 unspecified atom stereocenters. The van der Waals surface area contributed by atoms with Crippen LogP contribution >= 0.6 is 0 Å². The number of fused-ring (bicyclic) bond motifs is 3. The van der Waals surface area contributed by atoms with Gasteiger partial charge in [-0.05, 0) is 31.2 Å². The number of ether oxygens (including phenoxy) is 2. The highest BCUT2D eigenvalue weighted by Crippen LogP contribution is 2.52. The van der Waals surface area contributed by atoms with E-state index in [1.165, 1.54) is 0 Å². The fourth-order valence-electron chi connectivity index (χ4n) is 5.38. The summed E-state index contributed by atoms with van der Waals surface area (Å²) in [4.78, 5) is 14.4. The third-order valence-corrected chi connectivity index (χ3v) is 7.40. The number of para-hydroxylation sites is 1. The Hall–Kier alpha value is -2.33. The van der Waals surface area contributed by atoms with E-state index in [-0.39, 0.29) is 29.8 Å². The van der Waals surface area contributed by atoms with Crippen molar-refractivity contribution >= 4 is 5.91 Å². The van der Waals surface area contributed by atoms with E-state index in [1.54, 1.807) is 6.92 Å². The van der Waals surface area contributed by atoms with E-state index < -0.39 is 12.2 Å². The summed E-state index contributed by atoms with van der Waals surface area (Å²) in [5, 5.41) is 21.2. The number of aliphatic hydroxyl groups excluding tert-OH is 2. The molecular formula is C28H37NO5. The number of aliphatic hydroxyl groups is 2. The van der Waals surface area contributed by atoms with Gasteiger partial charge in [0, 0.05) is 49.8 Å². The molecule has 1 saturated carbocycles. The SMILES string of the molecule is CC#CC[C@H](C)[C@H](O)/C=C/[C@@H]1[C@H]2c3cccc(CCCC(=O)N4CCOCC4)c3O[C@H]2C[C@H]1O. The maximum atomic E-state index is 12.5. The molecule has 1 aliphatic carbocycles. The molecule has 184 valence electrons. The first-order valence-corrected chi connectivity index (χ1v) is 12.6. The third-order valence-electron chi connectivity index (χ3n) is 7.40. The van der Waals surface area contributed by atoms with Crippen LogP contribution in [0.3, 0.4) is 0 Å². The molecule has 0 spiro atoms. The fourth-order valence-corrected chi connectivity index (χ4v) is 5.38. The van der Waals surface area contributed by atoms with Gasteiger partial charge in [-0.1, -0.05) is 37.3 Å². The predicted molar refractivity (Wildman–Crippen MR) is 130 cm³/mol. The smallest absolute Gasteiger partial charge is 0.222 e.